The first-order valence-corrected chi connectivity index (χ1v) is 9.62. The van der Waals surface area contributed by atoms with Crippen molar-refractivity contribution in [2.24, 2.45) is 0 Å². The van der Waals surface area contributed by atoms with Crippen LogP contribution >= 0.6 is 0 Å². The third kappa shape index (κ3) is 6.25. The zero-order valence-corrected chi connectivity index (χ0v) is 15.8. The fraction of sp³-hybridized carbons (Fsp3) is 0.368. The lowest BCUT2D eigenvalue weighted by molar-refractivity contribution is -0.137. The van der Waals surface area contributed by atoms with E-state index in [9.17, 15) is 22.5 Å². The summed E-state index contributed by atoms with van der Waals surface area (Å²) in [7, 11) is -1.37. The van der Waals surface area contributed by atoms with Gasteiger partial charge in [-0.3, -0.25) is 4.21 Å². The van der Waals surface area contributed by atoms with Crippen LogP contribution in [0.1, 0.15) is 18.1 Å². The molecule has 0 amide bonds. The molecule has 0 bridgehead atoms. The molecule has 0 saturated heterocycles. The zero-order chi connectivity index (χ0) is 20.0. The number of ether oxygens (including phenoxy) is 2. The molecule has 2 aromatic carbocycles. The van der Waals surface area contributed by atoms with Gasteiger partial charge in [0, 0.05) is 11.5 Å². The van der Waals surface area contributed by atoms with Crippen LogP contribution in [-0.2, 0) is 21.7 Å². The molecular formula is C19H21F3O4S. The quantitative estimate of drug-likeness (QED) is 0.715. The number of hydrogen-bond acceptors (Lipinski definition) is 4. The summed E-state index contributed by atoms with van der Waals surface area (Å²) in [6.07, 6.45) is -4.89. The van der Waals surface area contributed by atoms with E-state index in [1.54, 1.807) is 26.0 Å². The molecule has 0 heterocycles. The lowest BCUT2D eigenvalue weighted by atomic mass is 10.2. The first-order chi connectivity index (χ1) is 12.7. The van der Waals surface area contributed by atoms with Crippen molar-refractivity contribution in [3.05, 3.63) is 53.6 Å². The van der Waals surface area contributed by atoms with Crippen LogP contribution in [0.4, 0.5) is 13.2 Å². The number of phenolic OH excluding ortho intramolecular Hbond substituents is 1. The predicted molar refractivity (Wildman–Crippen MR) is 96.5 cm³/mol. The number of hydrogen-bond donors (Lipinski definition) is 1. The lowest BCUT2D eigenvalue weighted by Gasteiger charge is -2.18. The van der Waals surface area contributed by atoms with Gasteiger partial charge in [0.1, 0.15) is 24.2 Å². The second-order valence-corrected chi connectivity index (χ2v) is 7.37. The van der Waals surface area contributed by atoms with Gasteiger partial charge in [-0.15, -0.1) is 0 Å². The van der Waals surface area contributed by atoms with Gasteiger partial charge in [0.15, 0.2) is 0 Å². The molecule has 1 unspecified atom stereocenters. The van der Waals surface area contributed by atoms with Gasteiger partial charge in [0.25, 0.3) is 0 Å². The minimum absolute atomic E-state index is 0.0575. The molecule has 2 rings (SSSR count). The highest BCUT2D eigenvalue weighted by Crippen LogP contribution is 2.30. The molecule has 1 N–H and O–H groups in total. The number of aryl methyl sites for hydroxylation is 1. The molecular weight excluding hydrogens is 381 g/mol. The SMILES string of the molecule is CCO[C@H](COc1ccc(C(F)(F)F)cc1)CS(=O)c1ccc(O)c(C)c1. The second-order valence-electron chi connectivity index (χ2n) is 5.87. The largest absolute Gasteiger partial charge is 0.508 e. The Hall–Kier alpha value is -2.06. The summed E-state index contributed by atoms with van der Waals surface area (Å²) < 4.78 is 61.3. The Bertz CT molecular complexity index is 776. The van der Waals surface area contributed by atoms with Crippen molar-refractivity contribution in [1.82, 2.24) is 0 Å². The van der Waals surface area contributed by atoms with Crippen molar-refractivity contribution < 1.29 is 32.0 Å². The van der Waals surface area contributed by atoms with Gasteiger partial charge < -0.3 is 14.6 Å². The fourth-order valence-electron chi connectivity index (χ4n) is 2.34. The Morgan fingerprint density at radius 2 is 1.81 bits per heavy atom. The Labute approximate surface area is 158 Å². The molecule has 0 radical (unpaired) electrons. The van der Waals surface area contributed by atoms with Gasteiger partial charge in [-0.1, -0.05) is 0 Å². The van der Waals surface area contributed by atoms with Crippen LogP contribution in [0.5, 0.6) is 11.5 Å². The highest BCUT2D eigenvalue weighted by Gasteiger charge is 2.30. The van der Waals surface area contributed by atoms with E-state index in [1.165, 1.54) is 18.2 Å². The molecule has 0 saturated carbocycles. The van der Waals surface area contributed by atoms with Crippen LogP contribution in [-0.4, -0.2) is 34.4 Å². The first-order valence-electron chi connectivity index (χ1n) is 8.30. The third-order valence-electron chi connectivity index (χ3n) is 3.79. The van der Waals surface area contributed by atoms with E-state index in [1.807, 2.05) is 0 Å². The summed E-state index contributed by atoms with van der Waals surface area (Å²) in [6.45, 7) is 3.94. The topological polar surface area (TPSA) is 55.8 Å². The Morgan fingerprint density at radius 3 is 2.37 bits per heavy atom. The third-order valence-corrected chi connectivity index (χ3v) is 5.24. The molecule has 2 atom stereocenters. The Balaban J connectivity index is 1.98. The van der Waals surface area contributed by atoms with Crippen LogP contribution in [0.3, 0.4) is 0 Å². The van der Waals surface area contributed by atoms with Crippen LogP contribution < -0.4 is 4.74 Å². The molecule has 2 aromatic rings. The number of halogens is 3. The minimum atomic E-state index is -4.40. The maximum atomic E-state index is 12.6. The molecule has 8 heteroatoms. The summed E-state index contributed by atoms with van der Waals surface area (Å²) in [5.41, 5.74) is -0.130. The summed E-state index contributed by atoms with van der Waals surface area (Å²) in [4.78, 5) is 0.560. The van der Waals surface area contributed by atoms with Crippen LogP contribution in [0, 0.1) is 6.92 Å². The van der Waals surface area contributed by atoms with Gasteiger partial charge in [-0.25, -0.2) is 0 Å². The van der Waals surface area contributed by atoms with Gasteiger partial charge in [-0.2, -0.15) is 13.2 Å². The molecule has 0 aromatic heterocycles. The summed E-state index contributed by atoms with van der Waals surface area (Å²) in [5.74, 6) is 0.570. The number of alkyl halides is 3. The van der Waals surface area contributed by atoms with E-state index < -0.39 is 28.6 Å². The monoisotopic (exact) mass is 402 g/mol. The van der Waals surface area contributed by atoms with E-state index >= 15 is 0 Å². The fourth-order valence-corrected chi connectivity index (χ4v) is 3.59. The minimum Gasteiger partial charge on any atom is -0.508 e. The van der Waals surface area contributed by atoms with E-state index in [-0.39, 0.29) is 23.9 Å². The average Bonchev–Trinajstić information content (AvgIpc) is 2.61. The summed E-state index contributed by atoms with van der Waals surface area (Å²) in [5, 5.41) is 9.56. The van der Waals surface area contributed by atoms with Crippen molar-refractivity contribution in [2.75, 3.05) is 19.0 Å². The molecule has 27 heavy (non-hydrogen) atoms. The van der Waals surface area contributed by atoms with Crippen molar-refractivity contribution in [1.29, 1.82) is 0 Å². The average molecular weight is 402 g/mol. The molecule has 4 nitrogen and oxygen atoms in total. The predicted octanol–water partition coefficient (Wildman–Crippen LogP) is 4.31. The van der Waals surface area contributed by atoms with Crippen molar-refractivity contribution in [3.8, 4) is 11.5 Å². The number of rotatable bonds is 8. The Kier molecular flexibility index (Phi) is 7.26. The second kappa shape index (κ2) is 9.23. The normalized spacial score (nSPS) is 14.0. The molecule has 0 fully saturated rings. The lowest BCUT2D eigenvalue weighted by Crippen LogP contribution is -2.28. The summed E-state index contributed by atoms with van der Waals surface area (Å²) in [6, 6.07) is 9.09. The molecule has 0 aliphatic heterocycles. The smallest absolute Gasteiger partial charge is 0.416 e. The van der Waals surface area contributed by atoms with E-state index in [0.717, 1.165) is 12.1 Å². The number of aromatic hydroxyl groups is 1. The molecule has 148 valence electrons. The maximum Gasteiger partial charge on any atom is 0.416 e. The molecule has 0 spiro atoms. The number of benzene rings is 2. The van der Waals surface area contributed by atoms with Crippen LogP contribution in [0.2, 0.25) is 0 Å². The van der Waals surface area contributed by atoms with Crippen LogP contribution in [0.25, 0.3) is 0 Å². The van der Waals surface area contributed by atoms with Gasteiger partial charge >= 0.3 is 6.18 Å². The standard InChI is InChI=1S/C19H21F3O4S/c1-3-25-16(12-27(24)17-8-9-18(23)13(2)10-17)11-26-15-6-4-14(5-7-15)19(20,21)22/h4-10,16,23H,3,11-12H2,1-2H3/t16-,27?/m1/s1. The van der Waals surface area contributed by atoms with E-state index in [2.05, 4.69) is 0 Å². The highest BCUT2D eigenvalue weighted by atomic mass is 32.2. The van der Waals surface area contributed by atoms with E-state index in [4.69, 9.17) is 9.47 Å². The van der Waals surface area contributed by atoms with E-state index in [0.29, 0.717) is 17.1 Å². The van der Waals surface area contributed by atoms with Gasteiger partial charge in [0.2, 0.25) is 0 Å². The van der Waals surface area contributed by atoms with Crippen LogP contribution in [0.15, 0.2) is 47.4 Å². The van der Waals surface area contributed by atoms with Crippen molar-refractivity contribution >= 4 is 10.8 Å². The number of phenols is 1. The van der Waals surface area contributed by atoms with Gasteiger partial charge in [-0.05, 0) is 61.9 Å². The Morgan fingerprint density at radius 1 is 1.15 bits per heavy atom. The highest BCUT2D eigenvalue weighted by molar-refractivity contribution is 7.85. The van der Waals surface area contributed by atoms with Crippen molar-refractivity contribution in [3.63, 3.8) is 0 Å². The summed E-state index contributed by atoms with van der Waals surface area (Å²) >= 11 is 0. The van der Waals surface area contributed by atoms with Gasteiger partial charge in [0.05, 0.1) is 22.1 Å². The molecule has 0 aliphatic rings. The maximum absolute atomic E-state index is 12.6. The first kappa shape index (κ1) is 21.2. The molecule has 0 aliphatic carbocycles. The zero-order valence-electron chi connectivity index (χ0n) is 15.0. The van der Waals surface area contributed by atoms with Crippen molar-refractivity contribution in [2.45, 2.75) is 31.0 Å².